The van der Waals surface area contributed by atoms with Crippen LogP contribution in [0.2, 0.25) is 0 Å². The first-order chi connectivity index (χ1) is 16.4. The molecule has 7 atom stereocenters. The van der Waals surface area contributed by atoms with Crippen LogP contribution in [-0.2, 0) is 57.1 Å². The average Bonchev–Trinajstić information content (AvgIpc) is 3.12. The zero-order chi connectivity index (χ0) is 26.3. The lowest BCUT2D eigenvalue weighted by molar-refractivity contribution is -0.320. The molecule has 0 bridgehead atoms. The Kier molecular flexibility index (Phi) is 9.32. The van der Waals surface area contributed by atoms with E-state index in [2.05, 4.69) is 0 Å². The summed E-state index contributed by atoms with van der Waals surface area (Å²) in [6.45, 7) is 5.18. The molecule has 2 aliphatic rings. The van der Waals surface area contributed by atoms with E-state index in [-0.39, 0.29) is 6.42 Å². The molecule has 13 heteroatoms. The first-order valence-electron chi connectivity index (χ1n) is 10.6. The molecule has 0 aromatic rings. The van der Waals surface area contributed by atoms with Gasteiger partial charge in [-0.25, -0.2) is 0 Å². The molecular weight excluding hydrogens is 470 g/mol. The van der Waals surface area contributed by atoms with Gasteiger partial charge in [-0.2, -0.15) is 5.26 Å². The third kappa shape index (κ3) is 7.76. The van der Waals surface area contributed by atoms with E-state index < -0.39 is 78.9 Å². The van der Waals surface area contributed by atoms with Crippen LogP contribution in [0, 0.1) is 11.3 Å². The average molecular weight is 497 g/mol. The van der Waals surface area contributed by atoms with Gasteiger partial charge in [-0.3, -0.25) is 24.0 Å². The number of carbonyl (C=O) groups excluding carboxylic acids is 5. The molecule has 0 amide bonds. The van der Waals surface area contributed by atoms with E-state index >= 15 is 0 Å². The molecule has 1 saturated heterocycles. The van der Waals surface area contributed by atoms with Gasteiger partial charge in [0, 0.05) is 41.0 Å². The Morgan fingerprint density at radius 2 is 1.40 bits per heavy atom. The summed E-state index contributed by atoms with van der Waals surface area (Å²) in [5, 5.41) is 9.84. The topological polar surface area (TPSA) is 174 Å². The van der Waals surface area contributed by atoms with Crippen LogP contribution in [0.5, 0.6) is 0 Å². The Bertz CT molecular complexity index is 924. The fourth-order valence-corrected chi connectivity index (χ4v) is 3.68. The van der Waals surface area contributed by atoms with E-state index in [0.717, 1.165) is 27.7 Å². The summed E-state index contributed by atoms with van der Waals surface area (Å²) in [7, 11) is 0. The lowest BCUT2D eigenvalue weighted by atomic mass is 9.97. The third-order valence-electron chi connectivity index (χ3n) is 4.87. The van der Waals surface area contributed by atoms with Crippen molar-refractivity contribution in [3.05, 3.63) is 12.2 Å². The highest BCUT2D eigenvalue weighted by molar-refractivity contribution is 5.69. The van der Waals surface area contributed by atoms with Crippen molar-refractivity contribution in [2.75, 3.05) is 6.61 Å². The van der Waals surface area contributed by atoms with Gasteiger partial charge in [0.05, 0.1) is 0 Å². The van der Waals surface area contributed by atoms with E-state index in [0.29, 0.717) is 0 Å². The second kappa shape index (κ2) is 11.8. The summed E-state index contributed by atoms with van der Waals surface area (Å²) in [6, 6.07) is 1.97. The Labute approximate surface area is 201 Å². The van der Waals surface area contributed by atoms with E-state index in [4.69, 9.17) is 33.2 Å². The molecule has 0 aromatic heterocycles. The van der Waals surface area contributed by atoms with Crippen LogP contribution in [0.15, 0.2) is 12.2 Å². The van der Waals surface area contributed by atoms with E-state index in [1.165, 1.54) is 19.1 Å². The minimum atomic E-state index is -1.68. The number of hydrogen-bond donors (Lipinski definition) is 0. The van der Waals surface area contributed by atoms with Crippen LogP contribution >= 0.6 is 0 Å². The molecule has 2 rings (SSSR count). The first kappa shape index (κ1) is 27.7. The molecule has 0 aromatic carbocycles. The van der Waals surface area contributed by atoms with Crippen LogP contribution in [0.4, 0.5) is 0 Å². The standard InChI is InChI=1S/C22H27NO12/c1-11(24)29-9-17-18(31-13(3)26)19(32-14(4)27)20(33-15(5)28)21(34-17)35-22(10-23)7-6-16(8-22)30-12(2)25/h6-7,16-21H,8-9H2,1-5H3. The molecule has 35 heavy (non-hydrogen) atoms. The van der Waals surface area contributed by atoms with Gasteiger partial charge in [0.1, 0.15) is 24.9 Å². The Hall–Kier alpha value is -3.50. The quantitative estimate of drug-likeness (QED) is 0.254. The Morgan fingerprint density at radius 1 is 0.857 bits per heavy atom. The number of rotatable bonds is 8. The van der Waals surface area contributed by atoms with Crippen molar-refractivity contribution in [3.63, 3.8) is 0 Å². The molecule has 0 saturated carbocycles. The molecule has 13 nitrogen and oxygen atoms in total. The maximum atomic E-state index is 11.9. The van der Waals surface area contributed by atoms with Gasteiger partial charge in [0.2, 0.25) is 6.29 Å². The highest BCUT2D eigenvalue weighted by Crippen LogP contribution is 2.36. The van der Waals surface area contributed by atoms with Gasteiger partial charge in [-0.15, -0.1) is 0 Å². The number of carbonyl (C=O) groups is 5. The normalized spacial score (nSPS) is 31.5. The van der Waals surface area contributed by atoms with Crippen molar-refractivity contribution in [2.45, 2.75) is 83.5 Å². The number of esters is 5. The molecular formula is C22H27NO12. The third-order valence-corrected chi connectivity index (χ3v) is 4.87. The molecule has 1 fully saturated rings. The van der Waals surface area contributed by atoms with Crippen LogP contribution in [0.1, 0.15) is 41.0 Å². The van der Waals surface area contributed by atoms with Crippen molar-refractivity contribution in [1.82, 2.24) is 0 Å². The first-order valence-corrected chi connectivity index (χ1v) is 10.6. The fourth-order valence-electron chi connectivity index (χ4n) is 3.68. The van der Waals surface area contributed by atoms with Crippen LogP contribution in [-0.4, -0.2) is 78.9 Å². The number of nitriles is 1. The number of ether oxygens (including phenoxy) is 7. The van der Waals surface area contributed by atoms with Crippen molar-refractivity contribution < 1.29 is 57.1 Å². The lowest BCUT2D eigenvalue weighted by Gasteiger charge is -2.45. The molecule has 0 spiro atoms. The van der Waals surface area contributed by atoms with Gasteiger partial charge in [-0.05, 0) is 12.2 Å². The highest BCUT2D eigenvalue weighted by atomic mass is 16.7. The minimum absolute atomic E-state index is 0.101. The van der Waals surface area contributed by atoms with Crippen molar-refractivity contribution in [3.8, 4) is 6.07 Å². The Morgan fingerprint density at radius 3 is 1.91 bits per heavy atom. The summed E-state index contributed by atoms with van der Waals surface area (Å²) < 4.78 is 37.8. The largest absolute Gasteiger partial charge is 0.463 e. The van der Waals surface area contributed by atoms with E-state index in [1.807, 2.05) is 6.07 Å². The van der Waals surface area contributed by atoms with Gasteiger partial charge in [-0.1, -0.05) is 0 Å². The molecule has 1 aliphatic carbocycles. The maximum absolute atomic E-state index is 11.9. The fraction of sp³-hybridized carbons (Fsp3) is 0.636. The van der Waals surface area contributed by atoms with Crippen LogP contribution in [0.3, 0.4) is 0 Å². The monoisotopic (exact) mass is 497 g/mol. The summed E-state index contributed by atoms with van der Waals surface area (Å²) in [6.07, 6.45) is -5.11. The van der Waals surface area contributed by atoms with Crippen LogP contribution in [0.25, 0.3) is 0 Å². The van der Waals surface area contributed by atoms with E-state index in [1.54, 1.807) is 0 Å². The Balaban J connectivity index is 2.45. The summed E-state index contributed by atoms with van der Waals surface area (Å²) in [5.74, 6) is -3.63. The summed E-state index contributed by atoms with van der Waals surface area (Å²) >= 11 is 0. The molecule has 192 valence electrons. The van der Waals surface area contributed by atoms with Gasteiger partial charge < -0.3 is 33.2 Å². The SMILES string of the molecule is CC(=O)OCC1OC(OC2(C#N)C=CC(OC(C)=O)C2)C(OC(C)=O)C(OC(C)=O)C1OC(C)=O. The zero-order valence-corrected chi connectivity index (χ0v) is 19.9. The predicted octanol–water partition coefficient (Wildman–Crippen LogP) is 0.240. The second-order valence-corrected chi connectivity index (χ2v) is 7.90. The van der Waals surface area contributed by atoms with E-state index in [9.17, 15) is 29.2 Å². The van der Waals surface area contributed by atoms with Gasteiger partial charge in [0.15, 0.2) is 23.9 Å². The van der Waals surface area contributed by atoms with Crippen molar-refractivity contribution in [1.29, 1.82) is 5.26 Å². The predicted molar refractivity (Wildman–Crippen MR) is 111 cm³/mol. The molecule has 0 N–H and O–H groups in total. The van der Waals surface area contributed by atoms with Crippen LogP contribution < -0.4 is 0 Å². The van der Waals surface area contributed by atoms with Gasteiger partial charge in [0.25, 0.3) is 0 Å². The second-order valence-electron chi connectivity index (χ2n) is 7.90. The lowest BCUT2D eigenvalue weighted by Crippen LogP contribution is -2.64. The van der Waals surface area contributed by atoms with Crippen molar-refractivity contribution in [2.24, 2.45) is 0 Å². The summed E-state index contributed by atoms with van der Waals surface area (Å²) in [4.78, 5) is 58.3. The molecule has 1 aliphatic heterocycles. The van der Waals surface area contributed by atoms with Gasteiger partial charge >= 0.3 is 29.8 Å². The molecule has 0 radical (unpaired) electrons. The highest BCUT2D eigenvalue weighted by Gasteiger charge is 2.55. The van der Waals surface area contributed by atoms with Crippen molar-refractivity contribution >= 4 is 29.8 Å². The summed E-state index contributed by atoms with van der Waals surface area (Å²) in [5.41, 5.74) is -1.68. The molecule has 7 unspecified atom stereocenters. The minimum Gasteiger partial charge on any atom is -0.463 e. The number of nitrogens with zero attached hydrogens (tertiary/aromatic N) is 1. The zero-order valence-electron chi connectivity index (χ0n) is 19.9. The number of hydrogen-bond acceptors (Lipinski definition) is 13. The molecule has 1 heterocycles. The maximum Gasteiger partial charge on any atom is 0.303 e. The smallest absolute Gasteiger partial charge is 0.303 e.